The highest BCUT2D eigenvalue weighted by atomic mass is 79.9. The van der Waals surface area contributed by atoms with Gasteiger partial charge in [0.25, 0.3) is 0 Å². The van der Waals surface area contributed by atoms with Crippen molar-refractivity contribution in [3.05, 3.63) is 28.5 Å². The fourth-order valence-corrected chi connectivity index (χ4v) is 1.37. The van der Waals surface area contributed by atoms with Gasteiger partial charge in [0, 0.05) is 16.9 Å². The van der Waals surface area contributed by atoms with E-state index < -0.39 is 6.10 Å². The van der Waals surface area contributed by atoms with Crippen molar-refractivity contribution in [2.75, 3.05) is 0 Å². The molecule has 12 heavy (non-hydrogen) atoms. The Hall–Kier alpha value is -0.920. The molecule has 1 aromatic rings. The van der Waals surface area contributed by atoms with Crippen molar-refractivity contribution < 1.29 is 5.11 Å². The first-order chi connectivity index (χ1) is 5.75. The van der Waals surface area contributed by atoms with Crippen LogP contribution in [0.25, 0.3) is 0 Å². The molecule has 3 nitrogen and oxygen atoms in total. The number of nitriles is 1. The molecule has 1 atom stereocenters. The third kappa shape index (κ3) is 2.03. The van der Waals surface area contributed by atoms with Gasteiger partial charge in [-0.05, 0) is 27.6 Å². The van der Waals surface area contributed by atoms with Crippen LogP contribution in [0.5, 0.6) is 0 Å². The number of aromatic nitrogens is 1. The van der Waals surface area contributed by atoms with Gasteiger partial charge in [-0.1, -0.05) is 0 Å². The standard InChI is InChI=1S/C8H7BrN2O/c9-7-5-11-4-2-6(7)8(12)1-3-10/h2,4-5,8,12H,1H2. The second-order valence-corrected chi connectivity index (χ2v) is 3.13. The van der Waals surface area contributed by atoms with E-state index in [1.165, 1.54) is 0 Å². The predicted molar refractivity (Wildman–Crippen MR) is 47.1 cm³/mol. The first kappa shape index (κ1) is 9.17. The molecule has 0 radical (unpaired) electrons. The zero-order chi connectivity index (χ0) is 8.97. The van der Waals surface area contributed by atoms with E-state index in [1.807, 2.05) is 6.07 Å². The minimum Gasteiger partial charge on any atom is -0.387 e. The van der Waals surface area contributed by atoms with Crippen molar-refractivity contribution in [3.63, 3.8) is 0 Å². The van der Waals surface area contributed by atoms with E-state index in [0.29, 0.717) is 5.56 Å². The van der Waals surface area contributed by atoms with Crippen LogP contribution in [-0.2, 0) is 0 Å². The summed E-state index contributed by atoms with van der Waals surface area (Å²) in [7, 11) is 0. The molecule has 0 aliphatic carbocycles. The van der Waals surface area contributed by atoms with E-state index in [2.05, 4.69) is 20.9 Å². The van der Waals surface area contributed by atoms with Crippen molar-refractivity contribution in [1.29, 1.82) is 5.26 Å². The summed E-state index contributed by atoms with van der Waals surface area (Å²) in [5.41, 5.74) is 0.701. The lowest BCUT2D eigenvalue weighted by Crippen LogP contribution is -1.97. The lowest BCUT2D eigenvalue weighted by atomic mass is 10.1. The fourth-order valence-electron chi connectivity index (χ4n) is 0.853. The molecule has 1 rings (SSSR count). The Morgan fingerprint density at radius 2 is 2.50 bits per heavy atom. The molecule has 0 amide bonds. The van der Waals surface area contributed by atoms with Gasteiger partial charge in [-0.3, -0.25) is 4.98 Å². The zero-order valence-corrected chi connectivity index (χ0v) is 7.82. The molecule has 0 spiro atoms. The summed E-state index contributed by atoms with van der Waals surface area (Å²) in [6.45, 7) is 0. The maximum absolute atomic E-state index is 9.42. The van der Waals surface area contributed by atoms with Gasteiger partial charge in [0.15, 0.2) is 0 Å². The second kappa shape index (κ2) is 4.19. The zero-order valence-electron chi connectivity index (χ0n) is 6.24. The Labute approximate surface area is 78.8 Å². The monoisotopic (exact) mass is 226 g/mol. The molecule has 0 aromatic carbocycles. The highest BCUT2D eigenvalue weighted by Gasteiger charge is 2.09. The molecule has 1 N–H and O–H groups in total. The minimum absolute atomic E-state index is 0.0998. The van der Waals surface area contributed by atoms with Crippen LogP contribution in [0, 0.1) is 11.3 Å². The number of pyridine rings is 1. The number of hydrogen-bond acceptors (Lipinski definition) is 3. The molecule has 0 aliphatic heterocycles. The Morgan fingerprint density at radius 3 is 3.08 bits per heavy atom. The molecular formula is C8H7BrN2O. The molecular weight excluding hydrogens is 220 g/mol. The van der Waals surface area contributed by atoms with E-state index in [9.17, 15) is 5.11 Å². The highest BCUT2D eigenvalue weighted by Crippen LogP contribution is 2.23. The smallest absolute Gasteiger partial charge is 0.0931 e. The van der Waals surface area contributed by atoms with Crippen LogP contribution in [0.3, 0.4) is 0 Å². The van der Waals surface area contributed by atoms with Gasteiger partial charge in [0.1, 0.15) is 0 Å². The van der Waals surface area contributed by atoms with Crippen molar-refractivity contribution in [3.8, 4) is 6.07 Å². The van der Waals surface area contributed by atoms with Crippen LogP contribution < -0.4 is 0 Å². The van der Waals surface area contributed by atoms with Crippen molar-refractivity contribution in [1.82, 2.24) is 4.98 Å². The van der Waals surface area contributed by atoms with Gasteiger partial charge in [-0.15, -0.1) is 0 Å². The maximum atomic E-state index is 9.42. The van der Waals surface area contributed by atoms with Crippen LogP contribution in [0.2, 0.25) is 0 Å². The summed E-state index contributed by atoms with van der Waals surface area (Å²) < 4.78 is 0.729. The number of nitrogens with zero attached hydrogens (tertiary/aromatic N) is 2. The molecule has 1 heterocycles. The third-order valence-corrected chi connectivity index (χ3v) is 2.11. The first-order valence-electron chi connectivity index (χ1n) is 3.40. The number of rotatable bonds is 2. The van der Waals surface area contributed by atoms with Gasteiger partial charge < -0.3 is 5.11 Å². The van der Waals surface area contributed by atoms with Crippen LogP contribution >= 0.6 is 15.9 Å². The van der Waals surface area contributed by atoms with Crippen molar-refractivity contribution >= 4 is 15.9 Å². The van der Waals surface area contributed by atoms with Crippen molar-refractivity contribution in [2.45, 2.75) is 12.5 Å². The minimum atomic E-state index is -0.729. The number of aliphatic hydroxyl groups is 1. The Balaban J connectivity index is 2.88. The summed E-state index contributed by atoms with van der Waals surface area (Å²) >= 11 is 3.23. The Kier molecular flexibility index (Phi) is 3.20. The number of hydrogen-bond donors (Lipinski definition) is 1. The topological polar surface area (TPSA) is 56.9 Å². The first-order valence-corrected chi connectivity index (χ1v) is 4.19. The van der Waals surface area contributed by atoms with Gasteiger partial charge >= 0.3 is 0 Å². The number of halogens is 1. The Morgan fingerprint density at radius 1 is 1.75 bits per heavy atom. The third-order valence-electron chi connectivity index (χ3n) is 1.45. The summed E-state index contributed by atoms with van der Waals surface area (Å²) in [5.74, 6) is 0. The highest BCUT2D eigenvalue weighted by molar-refractivity contribution is 9.10. The molecule has 0 saturated carbocycles. The summed E-state index contributed by atoms with van der Waals surface area (Å²) in [4.78, 5) is 3.85. The second-order valence-electron chi connectivity index (χ2n) is 2.28. The lowest BCUT2D eigenvalue weighted by Gasteiger charge is -2.07. The lowest BCUT2D eigenvalue weighted by molar-refractivity contribution is 0.182. The van der Waals surface area contributed by atoms with Gasteiger partial charge in [-0.25, -0.2) is 0 Å². The van der Waals surface area contributed by atoms with Crippen LogP contribution in [0.15, 0.2) is 22.9 Å². The summed E-state index contributed by atoms with van der Waals surface area (Å²) in [6.07, 6.45) is 2.55. The maximum Gasteiger partial charge on any atom is 0.0931 e. The van der Waals surface area contributed by atoms with Crippen LogP contribution in [-0.4, -0.2) is 10.1 Å². The van der Waals surface area contributed by atoms with Gasteiger partial charge in [0.2, 0.25) is 0 Å². The van der Waals surface area contributed by atoms with Crippen molar-refractivity contribution in [2.24, 2.45) is 0 Å². The molecule has 0 bridgehead atoms. The average molecular weight is 227 g/mol. The molecule has 0 fully saturated rings. The predicted octanol–water partition coefficient (Wildman–Crippen LogP) is 1.79. The largest absolute Gasteiger partial charge is 0.387 e. The molecule has 62 valence electrons. The molecule has 4 heteroatoms. The van der Waals surface area contributed by atoms with E-state index in [4.69, 9.17) is 5.26 Å². The SMILES string of the molecule is N#CCC(O)c1ccncc1Br. The fraction of sp³-hybridized carbons (Fsp3) is 0.250. The normalized spacial score (nSPS) is 12.1. The Bertz CT molecular complexity index is 308. The summed E-state index contributed by atoms with van der Waals surface area (Å²) in [5, 5.41) is 17.8. The van der Waals surface area contributed by atoms with E-state index in [0.717, 1.165) is 4.47 Å². The van der Waals surface area contributed by atoms with E-state index in [-0.39, 0.29) is 6.42 Å². The van der Waals surface area contributed by atoms with E-state index in [1.54, 1.807) is 18.5 Å². The van der Waals surface area contributed by atoms with Crippen LogP contribution in [0.4, 0.5) is 0 Å². The van der Waals surface area contributed by atoms with Gasteiger partial charge in [-0.2, -0.15) is 5.26 Å². The van der Waals surface area contributed by atoms with Crippen LogP contribution in [0.1, 0.15) is 18.1 Å². The summed E-state index contributed by atoms with van der Waals surface area (Å²) in [6, 6.07) is 3.59. The average Bonchev–Trinajstić information content (AvgIpc) is 2.05. The molecule has 0 aliphatic rings. The molecule has 1 unspecified atom stereocenters. The van der Waals surface area contributed by atoms with Gasteiger partial charge in [0.05, 0.1) is 18.6 Å². The molecule has 1 aromatic heterocycles. The van der Waals surface area contributed by atoms with E-state index >= 15 is 0 Å². The molecule has 0 saturated heterocycles. The quantitative estimate of drug-likeness (QED) is 0.837. The number of aliphatic hydroxyl groups excluding tert-OH is 1.